The second kappa shape index (κ2) is 5.79. The van der Waals surface area contributed by atoms with Gasteiger partial charge in [0.05, 0.1) is 11.6 Å². The Morgan fingerprint density at radius 2 is 2.21 bits per heavy atom. The molecule has 2 rings (SSSR count). The summed E-state index contributed by atoms with van der Waals surface area (Å²) in [7, 11) is 0. The molecule has 0 aliphatic carbocycles. The van der Waals surface area contributed by atoms with Crippen molar-refractivity contribution in [3.05, 3.63) is 29.3 Å². The normalized spacial score (nSPS) is 12.2. The van der Waals surface area contributed by atoms with Gasteiger partial charge in [0.2, 0.25) is 5.82 Å². The van der Waals surface area contributed by atoms with Gasteiger partial charge in [0.1, 0.15) is 6.10 Å². The summed E-state index contributed by atoms with van der Waals surface area (Å²) in [5, 5.41) is 12.6. The maximum atomic E-state index is 10.8. The highest BCUT2D eigenvalue weighted by Crippen LogP contribution is 2.23. The number of carbonyl (C=O) groups is 1. The highest BCUT2D eigenvalue weighted by molar-refractivity contribution is 6.33. The first-order valence-corrected chi connectivity index (χ1v) is 6.14. The zero-order chi connectivity index (χ0) is 13.8. The molecular formula is C12H13ClN4O2. The first-order valence-electron chi connectivity index (χ1n) is 5.76. The predicted molar refractivity (Wildman–Crippen MR) is 69.5 cm³/mol. The van der Waals surface area contributed by atoms with E-state index < -0.39 is 0 Å². The van der Waals surface area contributed by atoms with E-state index >= 15 is 0 Å². The Hall–Kier alpha value is -1.95. The van der Waals surface area contributed by atoms with Crippen molar-refractivity contribution in [2.45, 2.75) is 26.5 Å². The minimum atomic E-state index is -0.334. The van der Waals surface area contributed by atoms with Gasteiger partial charge in [-0.15, -0.1) is 10.2 Å². The van der Waals surface area contributed by atoms with Crippen molar-refractivity contribution in [1.82, 2.24) is 20.2 Å². The third kappa shape index (κ3) is 3.51. The Morgan fingerprint density at radius 3 is 2.89 bits per heavy atom. The summed E-state index contributed by atoms with van der Waals surface area (Å²) in [5.74, 6) is 0.111. The number of aromatic nitrogens is 4. The molecule has 1 aromatic carbocycles. The average molecular weight is 281 g/mol. The van der Waals surface area contributed by atoms with Gasteiger partial charge >= 0.3 is 5.97 Å². The molecule has 0 bridgehead atoms. The zero-order valence-corrected chi connectivity index (χ0v) is 11.3. The number of carbonyl (C=O) groups excluding carboxylic acids is 1. The lowest BCUT2D eigenvalue weighted by atomic mass is 10.2. The Kier molecular flexibility index (Phi) is 4.11. The van der Waals surface area contributed by atoms with Crippen LogP contribution in [0.2, 0.25) is 5.02 Å². The number of ether oxygens (including phenoxy) is 1. The number of nitrogens with zero attached hydrogens (tertiary/aromatic N) is 4. The van der Waals surface area contributed by atoms with Crippen molar-refractivity contribution in [3.8, 4) is 11.4 Å². The molecule has 1 aromatic heterocycles. The molecule has 2 aromatic rings. The number of esters is 1. The molecule has 1 heterocycles. The molecule has 0 aliphatic rings. The Morgan fingerprint density at radius 1 is 1.47 bits per heavy atom. The largest absolute Gasteiger partial charge is 0.461 e. The summed E-state index contributed by atoms with van der Waals surface area (Å²) in [6, 6.07) is 7.26. The van der Waals surface area contributed by atoms with Crippen molar-refractivity contribution < 1.29 is 9.53 Å². The summed E-state index contributed by atoms with van der Waals surface area (Å²) in [5.41, 5.74) is 0.718. The van der Waals surface area contributed by atoms with E-state index in [1.807, 2.05) is 18.2 Å². The molecule has 100 valence electrons. The van der Waals surface area contributed by atoms with Gasteiger partial charge in [-0.25, -0.2) is 0 Å². The molecule has 7 heteroatoms. The minimum absolute atomic E-state index is 0.314. The average Bonchev–Trinajstić information content (AvgIpc) is 2.76. The first kappa shape index (κ1) is 13.5. The lowest BCUT2D eigenvalue weighted by Crippen LogP contribution is -2.20. The minimum Gasteiger partial charge on any atom is -0.461 e. The fourth-order valence-electron chi connectivity index (χ4n) is 1.62. The molecule has 0 saturated carbocycles. The van der Waals surface area contributed by atoms with Crippen molar-refractivity contribution in [1.29, 1.82) is 0 Å². The van der Waals surface area contributed by atoms with Crippen LogP contribution in [0.25, 0.3) is 11.4 Å². The number of hydrogen-bond donors (Lipinski definition) is 0. The van der Waals surface area contributed by atoms with Gasteiger partial charge in [-0.2, -0.15) is 4.80 Å². The van der Waals surface area contributed by atoms with E-state index in [1.165, 1.54) is 11.7 Å². The van der Waals surface area contributed by atoms with Crippen LogP contribution in [0.15, 0.2) is 24.3 Å². The van der Waals surface area contributed by atoms with E-state index in [9.17, 15) is 4.79 Å². The first-order chi connectivity index (χ1) is 9.06. The predicted octanol–water partition coefficient (Wildman–Crippen LogP) is 1.95. The molecule has 0 N–H and O–H groups in total. The highest BCUT2D eigenvalue weighted by atomic mass is 35.5. The Labute approximate surface area is 115 Å². The van der Waals surface area contributed by atoms with Crippen LogP contribution in [0.3, 0.4) is 0 Å². The lowest BCUT2D eigenvalue weighted by molar-refractivity contribution is -0.146. The SMILES string of the molecule is CC(=O)O[C@@H](C)Cn1nnc(-c2ccccc2Cl)n1. The third-order valence-corrected chi connectivity index (χ3v) is 2.68. The van der Waals surface area contributed by atoms with E-state index in [2.05, 4.69) is 15.4 Å². The van der Waals surface area contributed by atoms with Crippen molar-refractivity contribution in [3.63, 3.8) is 0 Å². The van der Waals surface area contributed by atoms with Crippen molar-refractivity contribution >= 4 is 17.6 Å². The molecule has 0 saturated heterocycles. The van der Waals surface area contributed by atoms with E-state index in [0.717, 1.165) is 5.56 Å². The fourth-order valence-corrected chi connectivity index (χ4v) is 1.84. The number of halogens is 1. The molecule has 0 aliphatic heterocycles. The molecule has 0 spiro atoms. The van der Waals surface area contributed by atoms with Crippen LogP contribution < -0.4 is 0 Å². The third-order valence-electron chi connectivity index (χ3n) is 2.36. The summed E-state index contributed by atoms with van der Waals surface area (Å²) in [6.45, 7) is 3.47. The Balaban J connectivity index is 2.11. The van der Waals surface area contributed by atoms with E-state index in [0.29, 0.717) is 17.4 Å². The van der Waals surface area contributed by atoms with Crippen LogP contribution in [0.1, 0.15) is 13.8 Å². The molecular weight excluding hydrogens is 268 g/mol. The number of benzene rings is 1. The van der Waals surface area contributed by atoms with Crippen LogP contribution in [0.5, 0.6) is 0 Å². The van der Waals surface area contributed by atoms with E-state index in [1.54, 1.807) is 13.0 Å². The fraction of sp³-hybridized carbons (Fsp3) is 0.333. The van der Waals surface area contributed by atoms with E-state index in [4.69, 9.17) is 16.3 Å². The van der Waals surface area contributed by atoms with Crippen LogP contribution in [-0.4, -0.2) is 32.3 Å². The second-order valence-corrected chi connectivity index (χ2v) is 4.48. The van der Waals surface area contributed by atoms with Gasteiger partial charge < -0.3 is 4.74 Å². The summed E-state index contributed by atoms with van der Waals surface area (Å²) >= 11 is 6.06. The van der Waals surface area contributed by atoms with Crippen LogP contribution in [0.4, 0.5) is 0 Å². The maximum absolute atomic E-state index is 10.8. The smallest absolute Gasteiger partial charge is 0.302 e. The summed E-state index contributed by atoms with van der Waals surface area (Å²) in [6.07, 6.45) is -0.314. The van der Waals surface area contributed by atoms with Gasteiger partial charge in [0.15, 0.2) is 0 Å². The quantitative estimate of drug-likeness (QED) is 0.801. The molecule has 1 atom stereocenters. The van der Waals surface area contributed by atoms with Gasteiger partial charge in [-0.3, -0.25) is 4.79 Å². The number of rotatable bonds is 4. The van der Waals surface area contributed by atoms with Gasteiger partial charge in [-0.05, 0) is 24.3 Å². The monoisotopic (exact) mass is 280 g/mol. The molecule has 0 amide bonds. The highest BCUT2D eigenvalue weighted by Gasteiger charge is 2.12. The van der Waals surface area contributed by atoms with Crippen molar-refractivity contribution in [2.75, 3.05) is 0 Å². The molecule has 0 fully saturated rings. The van der Waals surface area contributed by atoms with Gasteiger partial charge in [0.25, 0.3) is 0 Å². The topological polar surface area (TPSA) is 69.9 Å². The number of hydrogen-bond acceptors (Lipinski definition) is 5. The van der Waals surface area contributed by atoms with E-state index in [-0.39, 0.29) is 12.1 Å². The van der Waals surface area contributed by atoms with Crippen LogP contribution in [-0.2, 0) is 16.1 Å². The standard InChI is InChI=1S/C12H13ClN4O2/c1-8(19-9(2)18)7-17-15-12(14-16-17)10-5-3-4-6-11(10)13/h3-6,8H,7H2,1-2H3/t8-/m0/s1. The number of tetrazole rings is 1. The molecule has 19 heavy (non-hydrogen) atoms. The second-order valence-electron chi connectivity index (χ2n) is 4.07. The summed E-state index contributed by atoms with van der Waals surface area (Å²) < 4.78 is 5.00. The lowest BCUT2D eigenvalue weighted by Gasteiger charge is -2.09. The molecule has 0 unspecified atom stereocenters. The summed E-state index contributed by atoms with van der Waals surface area (Å²) in [4.78, 5) is 12.2. The zero-order valence-electron chi connectivity index (χ0n) is 10.6. The van der Waals surface area contributed by atoms with Gasteiger partial charge in [0, 0.05) is 12.5 Å². The Bertz CT molecular complexity index is 585. The van der Waals surface area contributed by atoms with Gasteiger partial charge in [-0.1, -0.05) is 23.7 Å². The maximum Gasteiger partial charge on any atom is 0.302 e. The molecule has 6 nitrogen and oxygen atoms in total. The van der Waals surface area contributed by atoms with Crippen LogP contribution >= 0.6 is 11.6 Å². The molecule has 0 radical (unpaired) electrons. The van der Waals surface area contributed by atoms with Crippen molar-refractivity contribution in [2.24, 2.45) is 0 Å². The van der Waals surface area contributed by atoms with Crippen LogP contribution in [0, 0.1) is 0 Å².